The van der Waals surface area contributed by atoms with Gasteiger partial charge in [0.05, 0.1) is 5.60 Å². The smallest absolute Gasteiger partial charge is 0.129 e. The highest BCUT2D eigenvalue weighted by Gasteiger charge is 2.43. The van der Waals surface area contributed by atoms with Gasteiger partial charge in [-0.3, -0.25) is 0 Å². The monoisotopic (exact) mass is 277 g/mol. The Bertz CT molecular complexity index is 462. The number of ether oxygens (including phenoxy) is 1. The van der Waals surface area contributed by atoms with E-state index in [1.807, 2.05) is 12.1 Å². The maximum Gasteiger partial charge on any atom is 0.129 e. The van der Waals surface area contributed by atoms with Crippen molar-refractivity contribution >= 4 is 0 Å². The Hall–Kier alpha value is -0.930. The van der Waals surface area contributed by atoms with Crippen LogP contribution < -0.4 is 5.32 Å². The third-order valence-corrected chi connectivity index (χ3v) is 4.97. The molecule has 1 aromatic rings. The van der Waals surface area contributed by atoms with Crippen molar-refractivity contribution in [2.45, 2.75) is 57.3 Å². The first-order chi connectivity index (χ1) is 9.60. The summed E-state index contributed by atoms with van der Waals surface area (Å²) in [6.45, 7) is 5.28. The van der Waals surface area contributed by atoms with Crippen LogP contribution in [-0.2, 0) is 4.74 Å². The van der Waals surface area contributed by atoms with Gasteiger partial charge in [0, 0.05) is 18.2 Å². The Labute approximate surface area is 120 Å². The standard InChI is InChI=1S/C17H24FNO/c1-12-7-9-17(10-8-12)11-19-13(2)16(20-17)14-5-3-4-6-15(14)18/h3-6,12-13,16,19H,7-11H2,1-2H3. The second-order valence-corrected chi connectivity index (χ2v) is 6.60. The van der Waals surface area contributed by atoms with Crippen LogP contribution in [0, 0.1) is 11.7 Å². The Balaban J connectivity index is 1.82. The minimum Gasteiger partial charge on any atom is -0.364 e. The summed E-state index contributed by atoms with van der Waals surface area (Å²) in [7, 11) is 0. The molecular weight excluding hydrogens is 253 g/mol. The van der Waals surface area contributed by atoms with E-state index in [1.54, 1.807) is 6.07 Å². The molecule has 1 saturated heterocycles. The highest BCUT2D eigenvalue weighted by atomic mass is 19.1. The molecule has 1 aromatic carbocycles. The van der Waals surface area contributed by atoms with Crippen LogP contribution in [0.2, 0.25) is 0 Å². The van der Waals surface area contributed by atoms with Gasteiger partial charge >= 0.3 is 0 Å². The Morgan fingerprint density at radius 3 is 2.60 bits per heavy atom. The number of benzene rings is 1. The molecule has 2 nitrogen and oxygen atoms in total. The van der Waals surface area contributed by atoms with Crippen molar-refractivity contribution in [3.05, 3.63) is 35.6 Å². The van der Waals surface area contributed by atoms with Crippen molar-refractivity contribution in [2.75, 3.05) is 6.54 Å². The lowest BCUT2D eigenvalue weighted by Gasteiger charge is -2.48. The molecule has 20 heavy (non-hydrogen) atoms. The van der Waals surface area contributed by atoms with Gasteiger partial charge in [-0.2, -0.15) is 0 Å². The summed E-state index contributed by atoms with van der Waals surface area (Å²) in [5, 5.41) is 3.54. The molecule has 3 rings (SSSR count). The molecule has 1 spiro atoms. The average molecular weight is 277 g/mol. The first-order valence-electron chi connectivity index (χ1n) is 7.75. The van der Waals surface area contributed by atoms with E-state index in [9.17, 15) is 4.39 Å². The number of morpholine rings is 1. The van der Waals surface area contributed by atoms with E-state index >= 15 is 0 Å². The summed E-state index contributed by atoms with van der Waals surface area (Å²) in [6.07, 6.45) is 4.40. The van der Waals surface area contributed by atoms with Gasteiger partial charge in [-0.15, -0.1) is 0 Å². The average Bonchev–Trinajstić information content (AvgIpc) is 2.46. The molecule has 2 aliphatic rings. The van der Waals surface area contributed by atoms with E-state index in [2.05, 4.69) is 19.2 Å². The van der Waals surface area contributed by atoms with Crippen LogP contribution in [0.4, 0.5) is 4.39 Å². The number of hydrogen-bond acceptors (Lipinski definition) is 2. The lowest BCUT2D eigenvalue weighted by atomic mass is 9.78. The summed E-state index contributed by atoms with van der Waals surface area (Å²) in [5.74, 6) is 0.628. The largest absolute Gasteiger partial charge is 0.364 e. The van der Waals surface area contributed by atoms with Crippen LogP contribution in [-0.4, -0.2) is 18.2 Å². The topological polar surface area (TPSA) is 21.3 Å². The molecule has 1 aliphatic carbocycles. The molecule has 0 radical (unpaired) electrons. The first-order valence-corrected chi connectivity index (χ1v) is 7.75. The first kappa shape index (κ1) is 14.0. The van der Waals surface area contributed by atoms with Gasteiger partial charge in [-0.1, -0.05) is 25.1 Å². The van der Waals surface area contributed by atoms with Gasteiger partial charge < -0.3 is 10.1 Å². The van der Waals surface area contributed by atoms with Crippen LogP contribution in [0.3, 0.4) is 0 Å². The highest BCUT2D eigenvalue weighted by molar-refractivity contribution is 5.22. The predicted molar refractivity (Wildman–Crippen MR) is 78.1 cm³/mol. The van der Waals surface area contributed by atoms with E-state index in [4.69, 9.17) is 4.74 Å². The molecule has 3 heteroatoms. The molecule has 2 atom stereocenters. The van der Waals surface area contributed by atoms with Crippen LogP contribution in [0.15, 0.2) is 24.3 Å². The fourth-order valence-electron chi connectivity index (χ4n) is 3.49. The maximum absolute atomic E-state index is 14.1. The minimum absolute atomic E-state index is 0.0913. The lowest BCUT2D eigenvalue weighted by Crippen LogP contribution is -2.56. The van der Waals surface area contributed by atoms with E-state index < -0.39 is 0 Å². The third-order valence-electron chi connectivity index (χ3n) is 4.97. The van der Waals surface area contributed by atoms with Crippen molar-refractivity contribution in [3.63, 3.8) is 0 Å². The van der Waals surface area contributed by atoms with Crippen LogP contribution >= 0.6 is 0 Å². The molecule has 1 saturated carbocycles. The fourth-order valence-corrected chi connectivity index (χ4v) is 3.49. The maximum atomic E-state index is 14.1. The Kier molecular flexibility index (Phi) is 3.83. The molecule has 1 aliphatic heterocycles. The van der Waals surface area contributed by atoms with Crippen molar-refractivity contribution in [1.82, 2.24) is 5.32 Å². The van der Waals surface area contributed by atoms with Crippen molar-refractivity contribution in [3.8, 4) is 0 Å². The van der Waals surface area contributed by atoms with Gasteiger partial charge in [-0.05, 0) is 44.6 Å². The highest BCUT2D eigenvalue weighted by Crippen LogP contribution is 2.41. The molecule has 1 N–H and O–H groups in total. The van der Waals surface area contributed by atoms with E-state index in [0.717, 1.165) is 25.3 Å². The van der Waals surface area contributed by atoms with Crippen molar-refractivity contribution < 1.29 is 9.13 Å². The normalized spacial score (nSPS) is 38.0. The second kappa shape index (κ2) is 5.45. The third kappa shape index (κ3) is 2.61. The summed E-state index contributed by atoms with van der Waals surface area (Å²) in [4.78, 5) is 0. The van der Waals surface area contributed by atoms with E-state index in [0.29, 0.717) is 5.56 Å². The summed E-state index contributed by atoms with van der Waals surface area (Å²) in [6, 6.07) is 7.14. The Morgan fingerprint density at radius 2 is 1.90 bits per heavy atom. The second-order valence-electron chi connectivity index (χ2n) is 6.60. The molecule has 0 aromatic heterocycles. The molecule has 0 bridgehead atoms. The Morgan fingerprint density at radius 1 is 1.20 bits per heavy atom. The van der Waals surface area contributed by atoms with Crippen molar-refractivity contribution in [2.24, 2.45) is 5.92 Å². The fraction of sp³-hybridized carbons (Fsp3) is 0.647. The van der Waals surface area contributed by atoms with Crippen molar-refractivity contribution in [1.29, 1.82) is 0 Å². The number of rotatable bonds is 1. The molecule has 1 heterocycles. The summed E-state index contributed by atoms with van der Waals surface area (Å²) in [5.41, 5.74) is 0.594. The zero-order valence-electron chi connectivity index (χ0n) is 12.4. The molecule has 110 valence electrons. The van der Waals surface area contributed by atoms with Crippen LogP contribution in [0.25, 0.3) is 0 Å². The summed E-state index contributed by atoms with van der Waals surface area (Å²) >= 11 is 0. The molecular formula is C17H24FNO. The zero-order valence-corrected chi connectivity index (χ0v) is 12.4. The van der Waals surface area contributed by atoms with Crippen LogP contribution in [0.5, 0.6) is 0 Å². The lowest BCUT2D eigenvalue weighted by molar-refractivity contribution is -0.156. The number of halogens is 1. The number of hydrogen-bond donors (Lipinski definition) is 1. The number of nitrogens with one attached hydrogen (secondary N) is 1. The molecule has 0 amide bonds. The molecule has 2 unspecified atom stereocenters. The van der Waals surface area contributed by atoms with Crippen LogP contribution in [0.1, 0.15) is 51.2 Å². The van der Waals surface area contributed by atoms with E-state index in [1.165, 1.54) is 18.9 Å². The molecule has 2 fully saturated rings. The quantitative estimate of drug-likeness (QED) is 0.842. The predicted octanol–water partition coefficient (Wildman–Crippen LogP) is 3.82. The van der Waals surface area contributed by atoms with Gasteiger partial charge in [0.15, 0.2) is 0 Å². The zero-order chi connectivity index (χ0) is 14.2. The SMILES string of the molecule is CC1CCC2(CC1)CNC(C)C(c1ccccc1F)O2. The van der Waals surface area contributed by atoms with E-state index in [-0.39, 0.29) is 23.6 Å². The minimum atomic E-state index is -0.182. The van der Waals surface area contributed by atoms with Gasteiger partial charge in [0.1, 0.15) is 11.9 Å². The van der Waals surface area contributed by atoms with Gasteiger partial charge in [0.2, 0.25) is 0 Å². The summed E-state index contributed by atoms with van der Waals surface area (Å²) < 4.78 is 20.5. The van der Waals surface area contributed by atoms with Gasteiger partial charge in [0.25, 0.3) is 0 Å². The van der Waals surface area contributed by atoms with Gasteiger partial charge in [-0.25, -0.2) is 4.39 Å².